The molecule has 2 aliphatic heterocycles. The fourth-order valence-corrected chi connectivity index (χ4v) is 4.43. The molecule has 11 heteroatoms. The third kappa shape index (κ3) is 7.14. The van der Waals surface area contributed by atoms with Crippen molar-refractivity contribution in [2.45, 2.75) is 19.8 Å². The number of ether oxygens (including phenoxy) is 3. The Labute approximate surface area is 219 Å². The van der Waals surface area contributed by atoms with Gasteiger partial charge in [-0.1, -0.05) is 0 Å². The number of nitrogens with zero attached hydrogens (tertiary/aromatic N) is 2. The Morgan fingerprint density at radius 1 is 1.18 bits per heavy atom. The van der Waals surface area contributed by atoms with Crippen LogP contribution >= 0.6 is 0 Å². The number of carboxylic acid groups (broad SMARTS) is 2. The number of hydrogen-bond acceptors (Lipinski definition) is 8. The summed E-state index contributed by atoms with van der Waals surface area (Å²) < 4.78 is 31.1. The summed E-state index contributed by atoms with van der Waals surface area (Å²) in [5.74, 6) is -1.77. The van der Waals surface area contributed by atoms with Crippen LogP contribution in [0.25, 0.3) is 0 Å². The van der Waals surface area contributed by atoms with Crippen LogP contribution in [0.1, 0.15) is 22.3 Å². The fourth-order valence-electron chi connectivity index (χ4n) is 4.43. The van der Waals surface area contributed by atoms with E-state index in [2.05, 4.69) is 23.2 Å². The van der Waals surface area contributed by atoms with Gasteiger partial charge in [0.05, 0.1) is 31.5 Å². The highest BCUT2D eigenvalue weighted by atomic mass is 19.1. The first-order valence-corrected chi connectivity index (χ1v) is 12.0. The van der Waals surface area contributed by atoms with E-state index in [-0.39, 0.29) is 11.3 Å². The number of carbonyl (C=O) groups is 2. The minimum atomic E-state index is -1.26. The third-order valence-electron chi connectivity index (χ3n) is 6.15. The molecule has 10 nitrogen and oxygen atoms in total. The smallest absolute Gasteiger partial charge is 0.328 e. The van der Waals surface area contributed by atoms with Gasteiger partial charge in [-0.15, -0.1) is 0 Å². The number of methoxy groups -OCH3 is 1. The van der Waals surface area contributed by atoms with Gasteiger partial charge in [-0.25, -0.2) is 14.0 Å². The van der Waals surface area contributed by atoms with Gasteiger partial charge in [-0.2, -0.15) is 5.26 Å². The van der Waals surface area contributed by atoms with Gasteiger partial charge in [0.25, 0.3) is 0 Å². The molecule has 202 valence electrons. The Morgan fingerprint density at radius 2 is 1.89 bits per heavy atom. The minimum Gasteiger partial charge on any atom is -0.495 e. The monoisotopic (exact) mass is 527 g/mol. The molecule has 2 aliphatic rings. The normalized spacial score (nSPS) is 14.1. The molecule has 0 bridgehead atoms. The lowest BCUT2D eigenvalue weighted by Gasteiger charge is -2.34. The van der Waals surface area contributed by atoms with Crippen LogP contribution in [-0.2, 0) is 22.4 Å². The van der Waals surface area contributed by atoms with Crippen molar-refractivity contribution >= 4 is 17.6 Å². The van der Waals surface area contributed by atoms with Crippen LogP contribution in [0, 0.1) is 24.1 Å². The Morgan fingerprint density at radius 3 is 2.55 bits per heavy atom. The topological polar surface area (TPSA) is 141 Å². The van der Waals surface area contributed by atoms with E-state index < -0.39 is 17.8 Å². The Hall–Kier alpha value is -4.30. The first kappa shape index (κ1) is 28.3. The van der Waals surface area contributed by atoms with Gasteiger partial charge < -0.3 is 34.6 Å². The molecular weight excluding hydrogens is 497 g/mol. The summed E-state index contributed by atoms with van der Waals surface area (Å²) in [6.07, 6.45) is 3.13. The maximum atomic E-state index is 14.3. The second kappa shape index (κ2) is 13.3. The largest absolute Gasteiger partial charge is 0.495 e. The van der Waals surface area contributed by atoms with Crippen molar-refractivity contribution in [2.75, 3.05) is 51.4 Å². The number of nitrogens with one attached hydrogen (secondary N) is 1. The second-order valence-corrected chi connectivity index (χ2v) is 8.52. The molecule has 0 amide bonds. The first-order chi connectivity index (χ1) is 18.2. The average molecular weight is 528 g/mol. The highest BCUT2D eigenvalue weighted by Gasteiger charge is 2.25. The van der Waals surface area contributed by atoms with Crippen LogP contribution in [0.4, 0.5) is 10.1 Å². The van der Waals surface area contributed by atoms with Crippen LogP contribution < -0.4 is 24.4 Å². The highest BCUT2D eigenvalue weighted by Crippen LogP contribution is 2.39. The number of anilines is 1. The van der Waals surface area contributed by atoms with Crippen molar-refractivity contribution in [1.82, 2.24) is 5.32 Å². The zero-order chi connectivity index (χ0) is 27.7. The lowest BCUT2D eigenvalue weighted by molar-refractivity contribution is -0.134. The number of aliphatic carboxylic acids is 2. The Bertz CT molecular complexity index is 1240. The molecule has 0 aromatic heterocycles. The van der Waals surface area contributed by atoms with Crippen LogP contribution in [0.3, 0.4) is 0 Å². The summed E-state index contributed by atoms with van der Waals surface area (Å²) in [6, 6.07) is 6.68. The van der Waals surface area contributed by atoms with E-state index in [1.54, 1.807) is 0 Å². The number of hydrogen-bond donors (Lipinski definition) is 3. The number of carboxylic acids is 2. The van der Waals surface area contributed by atoms with Gasteiger partial charge >= 0.3 is 11.9 Å². The lowest BCUT2D eigenvalue weighted by atomic mass is 9.94. The summed E-state index contributed by atoms with van der Waals surface area (Å²) >= 11 is 0. The molecule has 2 aromatic rings. The lowest BCUT2D eigenvalue weighted by Crippen LogP contribution is -2.36. The van der Waals surface area contributed by atoms with Crippen LogP contribution in [-0.4, -0.2) is 68.7 Å². The maximum absolute atomic E-state index is 14.3. The number of benzene rings is 2. The van der Waals surface area contributed by atoms with Gasteiger partial charge in [0.15, 0.2) is 11.6 Å². The standard InChI is InChI=1S/C23H26FN3O3.C4H4O4/c1-15-18-4-6-26-5-3-16(18)12-22-23(15)27(8-10-30-22)7-9-29-21-13-20(28-2)17(14-25)11-19(21)24;5-3(6)1-2-4(7)8/h11-13,26H,3-10H2,1-2H3;1-2H,(H,5,6)(H,7,8)/b;2-1+. The number of halogens is 1. The van der Waals surface area contributed by atoms with Crippen molar-refractivity contribution in [3.05, 3.63) is 58.4 Å². The van der Waals surface area contributed by atoms with Gasteiger partial charge in [-0.3, -0.25) is 0 Å². The van der Waals surface area contributed by atoms with Crippen LogP contribution in [0.2, 0.25) is 0 Å². The molecule has 0 atom stereocenters. The zero-order valence-electron chi connectivity index (χ0n) is 21.3. The summed E-state index contributed by atoms with van der Waals surface area (Å²) in [5, 5.41) is 28.2. The van der Waals surface area contributed by atoms with Gasteiger partial charge in [0.2, 0.25) is 0 Å². The number of fused-ring (bicyclic) bond motifs is 2. The van der Waals surface area contributed by atoms with E-state index in [0.29, 0.717) is 37.7 Å². The highest BCUT2D eigenvalue weighted by molar-refractivity contribution is 5.89. The molecule has 0 spiro atoms. The van der Waals surface area contributed by atoms with Gasteiger partial charge in [-0.05, 0) is 61.7 Å². The Balaban J connectivity index is 0.000000436. The molecule has 0 fully saturated rings. The molecule has 0 saturated heterocycles. The number of rotatable bonds is 7. The van der Waals surface area contributed by atoms with Crippen molar-refractivity contribution in [2.24, 2.45) is 0 Å². The molecular formula is C27H30FN3O7. The summed E-state index contributed by atoms with van der Waals surface area (Å²) in [7, 11) is 1.45. The van der Waals surface area contributed by atoms with E-state index in [1.807, 2.05) is 6.07 Å². The van der Waals surface area contributed by atoms with Crippen molar-refractivity contribution in [3.63, 3.8) is 0 Å². The van der Waals surface area contributed by atoms with Gasteiger partial charge in [0, 0.05) is 18.2 Å². The summed E-state index contributed by atoms with van der Waals surface area (Å²) in [6.45, 7) is 6.42. The molecule has 38 heavy (non-hydrogen) atoms. The van der Waals surface area contributed by atoms with Crippen LogP contribution in [0.15, 0.2) is 30.4 Å². The molecule has 0 radical (unpaired) electrons. The average Bonchev–Trinajstić information content (AvgIpc) is 3.14. The SMILES string of the molecule is COc1cc(OCCN2CCOc3cc4c(c(C)c32)CCNCC4)c(F)cc1C#N.O=C(O)/C=C/C(=O)O. The van der Waals surface area contributed by atoms with E-state index in [0.717, 1.165) is 50.0 Å². The zero-order valence-corrected chi connectivity index (χ0v) is 21.3. The molecule has 2 aromatic carbocycles. The van der Waals surface area contributed by atoms with E-state index >= 15 is 0 Å². The Kier molecular flexibility index (Phi) is 9.90. The van der Waals surface area contributed by atoms with Crippen molar-refractivity contribution < 1.29 is 38.4 Å². The molecule has 0 saturated carbocycles. The van der Waals surface area contributed by atoms with Gasteiger partial charge in [0.1, 0.15) is 30.8 Å². The molecule has 0 aliphatic carbocycles. The van der Waals surface area contributed by atoms with E-state index in [4.69, 9.17) is 29.7 Å². The first-order valence-electron chi connectivity index (χ1n) is 12.0. The third-order valence-corrected chi connectivity index (χ3v) is 6.15. The quantitative estimate of drug-likeness (QED) is 0.460. The predicted octanol–water partition coefficient (Wildman–Crippen LogP) is 2.69. The second-order valence-electron chi connectivity index (χ2n) is 8.52. The number of nitriles is 1. The van der Waals surface area contributed by atoms with E-state index in [9.17, 15) is 14.0 Å². The molecule has 4 rings (SSSR count). The van der Waals surface area contributed by atoms with Crippen LogP contribution in [0.5, 0.6) is 17.2 Å². The molecule has 3 N–H and O–H groups in total. The minimum absolute atomic E-state index is 0.0871. The van der Waals surface area contributed by atoms with Crippen molar-refractivity contribution in [1.29, 1.82) is 5.26 Å². The predicted molar refractivity (Wildman–Crippen MR) is 137 cm³/mol. The molecule has 2 heterocycles. The molecule has 0 unspecified atom stereocenters. The van der Waals surface area contributed by atoms with E-state index in [1.165, 1.54) is 29.9 Å². The summed E-state index contributed by atoms with van der Waals surface area (Å²) in [4.78, 5) is 21.4. The fraction of sp³-hybridized carbons (Fsp3) is 0.370. The summed E-state index contributed by atoms with van der Waals surface area (Å²) in [5.41, 5.74) is 5.29. The van der Waals surface area contributed by atoms with Crippen molar-refractivity contribution in [3.8, 4) is 23.3 Å². The maximum Gasteiger partial charge on any atom is 0.328 e.